The molecule has 0 aromatic carbocycles. The number of carbonyl (C=O) groups excluding carboxylic acids is 1. The van der Waals surface area contributed by atoms with E-state index in [-0.39, 0.29) is 6.04 Å². The lowest BCUT2D eigenvalue weighted by atomic mass is 9.98. The van der Waals surface area contributed by atoms with Gasteiger partial charge in [-0.2, -0.15) is 0 Å². The van der Waals surface area contributed by atoms with Crippen LogP contribution in [0.4, 0.5) is 0 Å². The summed E-state index contributed by atoms with van der Waals surface area (Å²) < 4.78 is 0. The third-order valence-electron chi connectivity index (χ3n) is 5.21. The predicted octanol–water partition coefficient (Wildman–Crippen LogP) is 2.73. The average Bonchev–Trinajstić information content (AvgIpc) is 3.09. The van der Waals surface area contributed by atoms with Crippen LogP contribution < -0.4 is 5.32 Å². The van der Waals surface area contributed by atoms with Crippen molar-refractivity contribution >= 4 is 17.2 Å². The van der Waals surface area contributed by atoms with E-state index in [1.807, 2.05) is 0 Å². The van der Waals surface area contributed by atoms with Crippen molar-refractivity contribution in [1.82, 2.24) is 15.1 Å². The third-order valence-corrected chi connectivity index (χ3v) is 6.14. The van der Waals surface area contributed by atoms with Crippen molar-refractivity contribution in [2.24, 2.45) is 5.92 Å². The Labute approximate surface area is 143 Å². The summed E-state index contributed by atoms with van der Waals surface area (Å²) in [5, 5.41) is 5.57. The predicted molar refractivity (Wildman–Crippen MR) is 95.7 cm³/mol. The Morgan fingerprint density at radius 2 is 2.35 bits per heavy atom. The van der Waals surface area contributed by atoms with Crippen LogP contribution in [-0.4, -0.2) is 54.5 Å². The van der Waals surface area contributed by atoms with Crippen molar-refractivity contribution in [1.29, 1.82) is 0 Å². The van der Waals surface area contributed by atoms with Crippen LogP contribution in [0.5, 0.6) is 0 Å². The van der Waals surface area contributed by atoms with Crippen LogP contribution in [0.3, 0.4) is 0 Å². The second kappa shape index (κ2) is 7.77. The van der Waals surface area contributed by atoms with E-state index in [1.54, 1.807) is 11.3 Å². The number of amides is 1. The SMILES string of the molecule is CCC1CNCCN1C(C(=O)N1CCCC(C)C1)c1cccs1. The van der Waals surface area contributed by atoms with Gasteiger partial charge >= 0.3 is 0 Å². The molecule has 4 nitrogen and oxygen atoms in total. The number of nitrogens with one attached hydrogen (secondary N) is 1. The molecule has 0 spiro atoms. The number of likely N-dealkylation sites (tertiary alicyclic amines) is 1. The smallest absolute Gasteiger partial charge is 0.245 e. The summed E-state index contributed by atoms with van der Waals surface area (Å²) in [6, 6.07) is 4.56. The van der Waals surface area contributed by atoms with Crippen LogP contribution in [0.25, 0.3) is 0 Å². The molecule has 23 heavy (non-hydrogen) atoms. The molecule has 1 N–H and O–H groups in total. The summed E-state index contributed by atoms with van der Waals surface area (Å²) in [6.07, 6.45) is 3.47. The molecule has 5 heteroatoms. The van der Waals surface area contributed by atoms with E-state index < -0.39 is 0 Å². The minimum absolute atomic E-state index is 0.0904. The minimum Gasteiger partial charge on any atom is -0.341 e. The molecule has 3 rings (SSSR count). The van der Waals surface area contributed by atoms with Gasteiger partial charge in [-0.3, -0.25) is 9.69 Å². The van der Waals surface area contributed by atoms with Gasteiger partial charge in [-0.25, -0.2) is 0 Å². The van der Waals surface area contributed by atoms with Gasteiger partial charge in [0, 0.05) is 43.6 Å². The molecule has 3 unspecified atom stereocenters. The zero-order valence-corrected chi connectivity index (χ0v) is 15.1. The standard InChI is InChI=1S/C18H29N3OS/c1-3-15-12-19-8-10-21(15)17(16-7-5-11-23-16)18(22)20-9-4-6-14(2)13-20/h5,7,11,14-15,17,19H,3-4,6,8-10,12-13H2,1-2H3. The van der Waals surface area contributed by atoms with Gasteiger partial charge in [0.2, 0.25) is 5.91 Å². The van der Waals surface area contributed by atoms with E-state index >= 15 is 0 Å². The lowest BCUT2D eigenvalue weighted by molar-refractivity contribution is -0.140. The highest BCUT2D eigenvalue weighted by atomic mass is 32.1. The first-order valence-corrected chi connectivity index (χ1v) is 9.87. The highest BCUT2D eigenvalue weighted by Gasteiger charge is 2.37. The molecule has 0 saturated carbocycles. The largest absolute Gasteiger partial charge is 0.341 e. The van der Waals surface area contributed by atoms with Crippen molar-refractivity contribution < 1.29 is 4.79 Å². The highest BCUT2D eigenvalue weighted by molar-refractivity contribution is 7.10. The minimum atomic E-state index is -0.0904. The molecule has 3 heterocycles. The maximum Gasteiger partial charge on any atom is 0.245 e. The fourth-order valence-corrected chi connectivity index (χ4v) is 4.77. The molecular weight excluding hydrogens is 306 g/mol. The van der Waals surface area contributed by atoms with E-state index in [4.69, 9.17) is 0 Å². The Kier molecular flexibility index (Phi) is 5.72. The van der Waals surface area contributed by atoms with Crippen molar-refractivity contribution in [2.45, 2.75) is 45.2 Å². The van der Waals surface area contributed by atoms with Gasteiger partial charge in [-0.05, 0) is 36.6 Å². The maximum atomic E-state index is 13.4. The molecule has 0 radical (unpaired) electrons. The number of piperazine rings is 1. The number of rotatable bonds is 4. The Morgan fingerprint density at radius 1 is 1.48 bits per heavy atom. The van der Waals surface area contributed by atoms with E-state index in [0.29, 0.717) is 17.9 Å². The summed E-state index contributed by atoms with van der Waals surface area (Å²) in [5.74, 6) is 0.945. The van der Waals surface area contributed by atoms with Crippen molar-refractivity contribution in [3.8, 4) is 0 Å². The Balaban J connectivity index is 1.84. The van der Waals surface area contributed by atoms with Gasteiger partial charge in [-0.1, -0.05) is 19.9 Å². The first-order valence-electron chi connectivity index (χ1n) is 8.99. The molecular formula is C18H29N3OS. The Bertz CT molecular complexity index is 504. The molecule has 1 amide bonds. The molecule has 2 aliphatic rings. The Morgan fingerprint density at radius 3 is 3.04 bits per heavy atom. The zero-order chi connectivity index (χ0) is 16.2. The molecule has 1 aromatic heterocycles. The van der Waals surface area contributed by atoms with E-state index in [2.05, 4.69) is 46.5 Å². The summed E-state index contributed by atoms with van der Waals surface area (Å²) in [7, 11) is 0. The van der Waals surface area contributed by atoms with Crippen molar-refractivity contribution in [3.05, 3.63) is 22.4 Å². The summed E-state index contributed by atoms with van der Waals surface area (Å²) in [5.41, 5.74) is 0. The quantitative estimate of drug-likeness (QED) is 0.919. The second-order valence-electron chi connectivity index (χ2n) is 6.95. The van der Waals surface area contributed by atoms with Gasteiger partial charge < -0.3 is 10.2 Å². The van der Waals surface area contributed by atoms with Crippen LogP contribution in [-0.2, 0) is 4.79 Å². The molecule has 2 aliphatic heterocycles. The zero-order valence-electron chi connectivity index (χ0n) is 14.3. The molecule has 2 fully saturated rings. The first kappa shape index (κ1) is 16.9. The molecule has 2 saturated heterocycles. The topological polar surface area (TPSA) is 35.6 Å². The normalized spacial score (nSPS) is 27.8. The van der Waals surface area contributed by atoms with Gasteiger partial charge in [0.1, 0.15) is 6.04 Å². The fourth-order valence-electron chi connectivity index (χ4n) is 3.93. The van der Waals surface area contributed by atoms with Gasteiger partial charge in [0.15, 0.2) is 0 Å². The third kappa shape index (κ3) is 3.78. The summed E-state index contributed by atoms with van der Waals surface area (Å²) >= 11 is 1.72. The van der Waals surface area contributed by atoms with Gasteiger partial charge in [-0.15, -0.1) is 11.3 Å². The highest BCUT2D eigenvalue weighted by Crippen LogP contribution is 2.31. The Hall–Kier alpha value is -0.910. The number of piperidine rings is 1. The average molecular weight is 336 g/mol. The number of hydrogen-bond acceptors (Lipinski definition) is 4. The van der Waals surface area contributed by atoms with E-state index in [9.17, 15) is 4.79 Å². The van der Waals surface area contributed by atoms with Crippen LogP contribution in [0.15, 0.2) is 17.5 Å². The van der Waals surface area contributed by atoms with E-state index in [1.165, 1.54) is 11.3 Å². The number of thiophene rings is 1. The van der Waals surface area contributed by atoms with Crippen LogP contribution in [0, 0.1) is 5.92 Å². The van der Waals surface area contributed by atoms with Crippen molar-refractivity contribution in [2.75, 3.05) is 32.7 Å². The van der Waals surface area contributed by atoms with Crippen LogP contribution in [0.2, 0.25) is 0 Å². The lowest BCUT2D eigenvalue weighted by Crippen LogP contribution is -2.56. The molecule has 128 valence electrons. The van der Waals surface area contributed by atoms with Gasteiger partial charge in [0.25, 0.3) is 0 Å². The van der Waals surface area contributed by atoms with Crippen molar-refractivity contribution in [3.63, 3.8) is 0 Å². The lowest BCUT2D eigenvalue weighted by Gasteiger charge is -2.43. The summed E-state index contributed by atoms with van der Waals surface area (Å²) in [6.45, 7) is 9.25. The molecule has 0 bridgehead atoms. The number of hydrogen-bond donors (Lipinski definition) is 1. The second-order valence-corrected chi connectivity index (χ2v) is 7.93. The van der Waals surface area contributed by atoms with Crippen LogP contribution >= 0.6 is 11.3 Å². The fraction of sp³-hybridized carbons (Fsp3) is 0.722. The molecule has 0 aliphatic carbocycles. The summed E-state index contributed by atoms with van der Waals surface area (Å²) in [4.78, 5) is 19.1. The number of carbonyl (C=O) groups is 1. The van der Waals surface area contributed by atoms with Crippen LogP contribution in [0.1, 0.15) is 44.0 Å². The van der Waals surface area contributed by atoms with E-state index in [0.717, 1.165) is 45.6 Å². The maximum absolute atomic E-state index is 13.4. The number of nitrogens with zero attached hydrogens (tertiary/aromatic N) is 2. The van der Waals surface area contributed by atoms with Gasteiger partial charge in [0.05, 0.1) is 0 Å². The molecule has 3 atom stereocenters. The first-order chi connectivity index (χ1) is 11.2. The monoisotopic (exact) mass is 335 g/mol. The molecule has 1 aromatic rings.